The number of piperazine rings is 1. The zero-order valence-corrected chi connectivity index (χ0v) is 22.5. The zero-order chi connectivity index (χ0) is 28.2. The molecule has 208 valence electrons. The molecule has 1 N–H and O–H groups in total. The van der Waals surface area contributed by atoms with E-state index in [9.17, 15) is 27.2 Å². The fourth-order valence-electron chi connectivity index (χ4n) is 5.60. The molecule has 0 radical (unpaired) electrons. The fraction of sp³-hybridized carbons (Fsp3) is 0.333. The van der Waals surface area contributed by atoms with Crippen LogP contribution in [0.3, 0.4) is 0 Å². The Morgan fingerprint density at radius 2 is 1.77 bits per heavy atom. The average molecular weight is 567 g/mol. The number of rotatable bonds is 5. The molecular weight excluding hydrogens is 539 g/mol. The number of carbonyl (C=O) groups is 3. The molecule has 2 aromatic carbocycles. The predicted octanol–water partition coefficient (Wildman–Crippen LogP) is 1.59. The third kappa shape index (κ3) is 4.44. The van der Waals surface area contributed by atoms with E-state index in [1.807, 2.05) is 36.1 Å². The van der Waals surface area contributed by atoms with E-state index < -0.39 is 33.7 Å². The number of amides is 3. The van der Waals surface area contributed by atoms with Gasteiger partial charge in [-0.15, -0.1) is 0 Å². The Labute approximate surface area is 230 Å². The third-order valence-corrected chi connectivity index (χ3v) is 9.59. The van der Waals surface area contributed by atoms with E-state index in [-0.39, 0.29) is 61.9 Å². The quantitative estimate of drug-likeness (QED) is 0.465. The number of carbonyl (C=O) groups excluding carboxylic acids is 3. The molecule has 0 bridgehead atoms. The van der Waals surface area contributed by atoms with Crippen molar-refractivity contribution in [2.45, 2.75) is 37.2 Å². The Morgan fingerprint density at radius 1 is 1.02 bits per heavy atom. The summed E-state index contributed by atoms with van der Waals surface area (Å²) in [6.45, 7) is 2.92. The summed E-state index contributed by atoms with van der Waals surface area (Å²) in [5, 5.41) is 6.52. The summed E-state index contributed by atoms with van der Waals surface area (Å²) >= 11 is 0. The highest BCUT2D eigenvalue weighted by Crippen LogP contribution is 2.36. The van der Waals surface area contributed by atoms with Crippen molar-refractivity contribution in [3.8, 4) is 5.69 Å². The largest absolute Gasteiger partial charge is 0.369 e. The van der Waals surface area contributed by atoms with Crippen molar-refractivity contribution in [1.29, 1.82) is 0 Å². The van der Waals surface area contributed by atoms with Gasteiger partial charge in [0.2, 0.25) is 21.8 Å². The molecule has 3 aromatic rings. The summed E-state index contributed by atoms with van der Waals surface area (Å²) in [6, 6.07) is 9.24. The van der Waals surface area contributed by atoms with Gasteiger partial charge in [0, 0.05) is 56.0 Å². The third-order valence-electron chi connectivity index (χ3n) is 7.74. The van der Waals surface area contributed by atoms with Gasteiger partial charge in [0.1, 0.15) is 16.8 Å². The van der Waals surface area contributed by atoms with Crippen molar-refractivity contribution in [3.63, 3.8) is 0 Å². The molecule has 2 fully saturated rings. The van der Waals surface area contributed by atoms with Gasteiger partial charge in [-0.05, 0) is 37.1 Å². The van der Waals surface area contributed by atoms with Crippen molar-refractivity contribution in [3.05, 3.63) is 71.3 Å². The number of hydrogen-bond acceptors (Lipinski definition) is 7. The first-order chi connectivity index (χ1) is 19.1. The first kappa shape index (κ1) is 26.1. The molecule has 4 heterocycles. The molecular formula is C27H27FN6O5S. The summed E-state index contributed by atoms with van der Waals surface area (Å²) in [5.74, 6) is -1.97. The molecule has 3 amide bonds. The molecule has 6 rings (SSSR count). The minimum atomic E-state index is -3.82. The van der Waals surface area contributed by atoms with Gasteiger partial charge < -0.3 is 9.80 Å². The van der Waals surface area contributed by atoms with Crippen LogP contribution in [0.1, 0.15) is 34.3 Å². The van der Waals surface area contributed by atoms with Crippen LogP contribution in [0.15, 0.2) is 53.7 Å². The average Bonchev–Trinajstić information content (AvgIpc) is 3.55. The van der Waals surface area contributed by atoms with E-state index >= 15 is 0 Å². The van der Waals surface area contributed by atoms with E-state index in [4.69, 9.17) is 0 Å². The lowest BCUT2D eigenvalue weighted by Crippen LogP contribution is -2.52. The van der Waals surface area contributed by atoms with Crippen molar-refractivity contribution in [2.75, 3.05) is 31.1 Å². The second kappa shape index (κ2) is 9.82. The van der Waals surface area contributed by atoms with E-state index in [2.05, 4.69) is 10.4 Å². The number of anilines is 1. The molecule has 1 atom stereocenters. The second-order valence-electron chi connectivity index (χ2n) is 10.1. The maximum atomic E-state index is 14.7. The van der Waals surface area contributed by atoms with Gasteiger partial charge in [-0.3, -0.25) is 19.7 Å². The molecule has 3 aliphatic heterocycles. The Bertz CT molecular complexity index is 1650. The molecule has 1 aromatic heterocycles. The number of fused-ring (bicyclic) bond motifs is 1. The lowest BCUT2D eigenvalue weighted by atomic mass is 10.0. The number of halogens is 1. The van der Waals surface area contributed by atoms with Gasteiger partial charge in [0.25, 0.3) is 5.91 Å². The van der Waals surface area contributed by atoms with Crippen molar-refractivity contribution in [2.24, 2.45) is 0 Å². The molecule has 13 heteroatoms. The van der Waals surface area contributed by atoms with Crippen molar-refractivity contribution < 1.29 is 27.2 Å². The topological polar surface area (TPSA) is 125 Å². The van der Waals surface area contributed by atoms with Crippen LogP contribution < -0.4 is 10.2 Å². The zero-order valence-electron chi connectivity index (χ0n) is 21.7. The van der Waals surface area contributed by atoms with Gasteiger partial charge >= 0.3 is 0 Å². The number of benzene rings is 2. The number of nitrogens with zero attached hydrogens (tertiary/aromatic N) is 5. The normalized spacial score (nSPS) is 20.1. The number of para-hydroxylation sites is 1. The highest BCUT2D eigenvalue weighted by molar-refractivity contribution is 7.89. The second-order valence-corrected chi connectivity index (χ2v) is 12.1. The molecule has 1 unspecified atom stereocenters. The maximum Gasteiger partial charge on any atom is 0.255 e. The fourth-order valence-corrected chi connectivity index (χ4v) is 6.96. The van der Waals surface area contributed by atoms with E-state index in [0.29, 0.717) is 11.3 Å². The molecule has 3 aliphatic rings. The Hall–Kier alpha value is -4.10. The van der Waals surface area contributed by atoms with Crippen molar-refractivity contribution >= 4 is 33.4 Å². The minimum Gasteiger partial charge on any atom is -0.369 e. The summed E-state index contributed by atoms with van der Waals surface area (Å²) in [4.78, 5) is 40.5. The van der Waals surface area contributed by atoms with Crippen LogP contribution in [0.5, 0.6) is 0 Å². The Morgan fingerprint density at radius 3 is 2.50 bits per heavy atom. The first-order valence-corrected chi connectivity index (χ1v) is 14.4. The number of nitrogens with one attached hydrogen (secondary N) is 1. The van der Waals surface area contributed by atoms with Crippen LogP contribution in [0.2, 0.25) is 0 Å². The number of hydrogen-bond donors (Lipinski definition) is 1. The maximum absolute atomic E-state index is 14.7. The van der Waals surface area contributed by atoms with E-state index in [0.717, 1.165) is 11.3 Å². The van der Waals surface area contributed by atoms with Crippen LogP contribution in [0, 0.1) is 12.7 Å². The minimum absolute atomic E-state index is 0.0846. The smallest absolute Gasteiger partial charge is 0.255 e. The van der Waals surface area contributed by atoms with E-state index in [1.54, 1.807) is 4.68 Å². The van der Waals surface area contributed by atoms with Crippen LogP contribution in [-0.4, -0.2) is 77.3 Å². The standard InChI is InChI=1S/C27H27FN6O5S/c1-17-4-2-3-5-22(17)34-15-19(14-29-34)40(38,39)32-10-8-31(9-11-32)24-13-18(28)12-20-21(24)16-33(27(20)37)23-6-7-25(35)30-26(23)36/h2-5,12-15,23H,6-11,16H2,1H3,(H,30,35,36). The van der Waals surface area contributed by atoms with Crippen LogP contribution in [0.25, 0.3) is 5.69 Å². The first-order valence-electron chi connectivity index (χ1n) is 13.0. The molecule has 11 nitrogen and oxygen atoms in total. The molecule has 2 saturated heterocycles. The van der Waals surface area contributed by atoms with Crippen LogP contribution in [0.4, 0.5) is 10.1 Å². The summed E-state index contributed by atoms with van der Waals surface area (Å²) < 4.78 is 44.4. The van der Waals surface area contributed by atoms with E-state index in [1.165, 1.54) is 33.7 Å². The monoisotopic (exact) mass is 566 g/mol. The Balaban J connectivity index is 1.19. The van der Waals surface area contributed by atoms with Crippen molar-refractivity contribution in [1.82, 2.24) is 24.3 Å². The highest BCUT2D eigenvalue weighted by Gasteiger charge is 2.41. The molecule has 0 aliphatic carbocycles. The Kier molecular flexibility index (Phi) is 6.42. The van der Waals surface area contributed by atoms with Gasteiger partial charge in [-0.2, -0.15) is 9.40 Å². The molecule has 0 spiro atoms. The summed E-state index contributed by atoms with van der Waals surface area (Å²) in [6.07, 6.45) is 3.17. The summed E-state index contributed by atoms with van der Waals surface area (Å²) in [5.41, 5.74) is 3.02. The predicted molar refractivity (Wildman–Crippen MR) is 142 cm³/mol. The van der Waals surface area contributed by atoms with Gasteiger partial charge in [-0.25, -0.2) is 17.5 Å². The SMILES string of the molecule is Cc1ccccc1-n1cc(S(=O)(=O)N2CCN(c3cc(F)cc4c3CN(C3CCC(=O)NC3=O)C4=O)CC2)cn1. The van der Waals surface area contributed by atoms with Gasteiger partial charge in [0.15, 0.2) is 0 Å². The molecule has 40 heavy (non-hydrogen) atoms. The van der Waals surface area contributed by atoms with Crippen LogP contribution >= 0.6 is 0 Å². The highest BCUT2D eigenvalue weighted by atomic mass is 32.2. The molecule has 0 saturated carbocycles. The lowest BCUT2D eigenvalue weighted by molar-refractivity contribution is -0.136. The number of piperidine rings is 1. The summed E-state index contributed by atoms with van der Waals surface area (Å²) in [7, 11) is -3.82. The van der Waals surface area contributed by atoms with Crippen LogP contribution in [-0.2, 0) is 26.2 Å². The number of sulfonamides is 1. The van der Waals surface area contributed by atoms with Gasteiger partial charge in [0.05, 0.1) is 18.1 Å². The number of aromatic nitrogens is 2. The number of imide groups is 1. The lowest BCUT2D eigenvalue weighted by Gasteiger charge is -2.36. The van der Waals surface area contributed by atoms with Gasteiger partial charge in [-0.1, -0.05) is 18.2 Å². The number of aryl methyl sites for hydroxylation is 1.